The number of quaternary nitrogens is 1. The number of nitriles is 1. The summed E-state index contributed by atoms with van der Waals surface area (Å²) in [6, 6.07) is 21.7. The zero-order chi connectivity index (χ0) is 41.2. The molecule has 300 valence electrons. The topological polar surface area (TPSA) is 197 Å². The minimum absolute atomic E-state index is 0.0393. The molecule has 1 fully saturated rings. The Morgan fingerprint density at radius 1 is 1.12 bits per heavy atom. The summed E-state index contributed by atoms with van der Waals surface area (Å²) in [6.07, 6.45) is 6.14. The van der Waals surface area contributed by atoms with E-state index in [1.165, 1.54) is 41.6 Å². The normalized spacial score (nSPS) is 16.8. The molecule has 1 aliphatic carbocycles. The Morgan fingerprint density at radius 3 is 2.59 bits per heavy atom. The van der Waals surface area contributed by atoms with Crippen LogP contribution in [0.25, 0.3) is 16.6 Å². The van der Waals surface area contributed by atoms with Crippen LogP contribution in [0.1, 0.15) is 55.5 Å². The zero-order valence-electron chi connectivity index (χ0n) is 32.2. The maximum Gasteiger partial charge on any atom is 0.332 e. The molecule has 3 heterocycles. The number of nitro benzene ring substituents is 1. The largest absolute Gasteiger partial charge is 0.455 e. The molecule has 14 nitrogen and oxygen atoms in total. The highest BCUT2D eigenvalue weighted by Gasteiger charge is 2.49. The molecule has 1 aliphatic heterocycles. The minimum Gasteiger partial charge on any atom is -0.455 e. The van der Waals surface area contributed by atoms with Gasteiger partial charge < -0.3 is 20.8 Å². The predicted octanol–water partition coefficient (Wildman–Crippen LogP) is 8.02. The van der Waals surface area contributed by atoms with E-state index in [1.54, 1.807) is 18.3 Å². The fraction of sp³-hybridized carbons (Fsp3) is 0.310. The van der Waals surface area contributed by atoms with Crippen LogP contribution in [0.3, 0.4) is 0 Å². The number of nitrogens with one attached hydrogen (secondary N) is 2. The highest BCUT2D eigenvalue weighted by molar-refractivity contribution is 7.91. The molecule has 4 N–H and O–H groups in total. The highest BCUT2D eigenvalue weighted by Crippen LogP contribution is 2.44. The molecule has 2 aromatic heterocycles. The van der Waals surface area contributed by atoms with Crippen molar-refractivity contribution in [3.05, 3.63) is 117 Å². The summed E-state index contributed by atoms with van der Waals surface area (Å²) >= 11 is 6.25. The van der Waals surface area contributed by atoms with Gasteiger partial charge in [0.05, 0.1) is 29.2 Å². The number of hydrogen-bond donors (Lipinski definition) is 3. The highest BCUT2D eigenvalue weighted by atomic mass is 35.5. The van der Waals surface area contributed by atoms with E-state index < -0.39 is 30.4 Å². The van der Waals surface area contributed by atoms with Crippen molar-refractivity contribution >= 4 is 61.2 Å². The molecule has 3 aromatic carbocycles. The van der Waals surface area contributed by atoms with Crippen LogP contribution in [0.15, 0.2) is 95.7 Å². The number of carbonyl (C=O) groups is 1. The monoisotopic (exact) mass is 823 g/mol. The van der Waals surface area contributed by atoms with E-state index in [4.69, 9.17) is 27.3 Å². The molecule has 0 radical (unpaired) electrons. The number of allylic oxidation sites excluding steroid dienone is 1. The number of nitrogens with zero attached hydrogens (tertiary/aromatic N) is 5. The number of sulfonamides is 1. The van der Waals surface area contributed by atoms with E-state index in [1.807, 2.05) is 24.3 Å². The van der Waals surface area contributed by atoms with Gasteiger partial charge in [0.15, 0.2) is 5.69 Å². The van der Waals surface area contributed by atoms with Crippen LogP contribution >= 0.6 is 11.6 Å². The van der Waals surface area contributed by atoms with E-state index in [9.17, 15) is 14.9 Å². The van der Waals surface area contributed by atoms with Gasteiger partial charge in [0, 0.05) is 61.0 Å². The van der Waals surface area contributed by atoms with Crippen LogP contribution in [0.4, 0.5) is 17.1 Å². The average Bonchev–Trinajstić information content (AvgIpc) is 3.67. The van der Waals surface area contributed by atoms with Crippen molar-refractivity contribution < 1.29 is 22.9 Å². The molecule has 58 heavy (non-hydrogen) atoms. The third-order valence-corrected chi connectivity index (χ3v) is 13.7. The van der Waals surface area contributed by atoms with Crippen molar-refractivity contribution in [3.63, 3.8) is 0 Å². The zero-order valence-corrected chi connectivity index (χ0v) is 33.8. The van der Waals surface area contributed by atoms with Crippen molar-refractivity contribution in [3.8, 4) is 17.6 Å². The van der Waals surface area contributed by atoms with Crippen molar-refractivity contribution in [2.24, 2.45) is 11.1 Å². The Bertz CT molecular complexity index is 2570. The summed E-state index contributed by atoms with van der Waals surface area (Å²) in [7, 11) is -4.43. The number of aromatic amines is 1. The lowest BCUT2D eigenvalue weighted by Crippen LogP contribution is -2.63. The second-order valence-corrected chi connectivity index (χ2v) is 18.1. The number of rotatable bonds is 13. The number of carbonyl (C=O) groups excluding carboxylic acids is 1. The summed E-state index contributed by atoms with van der Waals surface area (Å²) in [4.78, 5) is 33.7. The number of fused-ring (bicyclic) bond motifs is 1. The maximum atomic E-state index is 15.2. The molecule has 0 atom stereocenters. The van der Waals surface area contributed by atoms with Crippen molar-refractivity contribution in [2.45, 2.75) is 44.4 Å². The van der Waals surface area contributed by atoms with Crippen molar-refractivity contribution in [2.75, 3.05) is 44.6 Å². The van der Waals surface area contributed by atoms with Gasteiger partial charge in [-0.05, 0) is 78.3 Å². The van der Waals surface area contributed by atoms with Gasteiger partial charge >= 0.3 is 10.0 Å². The molecule has 0 saturated carbocycles. The van der Waals surface area contributed by atoms with Crippen LogP contribution in [0.2, 0.25) is 5.02 Å². The summed E-state index contributed by atoms with van der Waals surface area (Å²) in [5.74, 6) is -0.420. The Balaban J connectivity index is 1.29. The number of H-pyrrole nitrogens is 1. The van der Waals surface area contributed by atoms with Gasteiger partial charge in [-0.3, -0.25) is 19.8 Å². The summed E-state index contributed by atoms with van der Waals surface area (Å²) in [5, 5.41) is 25.6. The van der Waals surface area contributed by atoms with Gasteiger partial charge in [-0.15, -0.1) is 0 Å². The summed E-state index contributed by atoms with van der Waals surface area (Å²) < 4.78 is 36.0. The smallest absolute Gasteiger partial charge is 0.332 e. The fourth-order valence-electron chi connectivity index (χ4n) is 7.94. The number of benzene rings is 3. The van der Waals surface area contributed by atoms with Crippen LogP contribution in [0.5, 0.6) is 11.5 Å². The Hall–Kier alpha value is -5.79. The SMILES string of the molecule is CC1(C)CCC(CN2CC[N+](c3ccc(C(N)=O)c(Oc4cnc5[nH]ccc5c4)c3)(S(=O)(=O)c3ccc(NCCC#N)c([N+](=O)[O-])c3)CC2)=C(c2ccc(Cl)cc2)C1. The molecule has 5 aromatic rings. The quantitative estimate of drug-likeness (QED) is 0.0453. The number of halogens is 1. The third-order valence-electron chi connectivity index (χ3n) is 11.1. The number of amides is 1. The second-order valence-electron chi connectivity index (χ2n) is 15.5. The number of nitro groups is 1. The summed E-state index contributed by atoms with van der Waals surface area (Å²) in [6.45, 7) is 6.25. The standard InChI is InChI=1S/C42H43ClN8O6S/c1-42(2)14-12-30(36(25-42)28-4-6-31(43)7-5-28)27-49-18-20-51(21-19-49,58(55,56)34-9-11-37(46-16-3-15-44)38(24-34)50(53)54)32-8-10-35(40(45)52)39(23-32)57-33-22-29-13-17-47-41(29)48-26-33/h4-11,13,17,22-24,26,46H,3,12,14,16,18-21,25,27H2,1-2H3,(H2-,45,47,48,52)/p+1. The number of piperazine rings is 1. The van der Waals surface area contributed by atoms with Gasteiger partial charge in [-0.25, -0.2) is 4.98 Å². The van der Waals surface area contributed by atoms with Gasteiger partial charge in [-0.2, -0.15) is 17.6 Å². The molecule has 7 rings (SSSR count). The molecular formula is C42H44ClN8O6S+. The van der Waals surface area contributed by atoms with Gasteiger partial charge in [-0.1, -0.05) is 43.2 Å². The number of anilines is 1. The lowest BCUT2D eigenvalue weighted by Gasteiger charge is -2.43. The van der Waals surface area contributed by atoms with E-state index >= 15 is 8.42 Å². The fourth-order valence-corrected chi connectivity index (χ4v) is 10.0. The van der Waals surface area contributed by atoms with Crippen LogP contribution in [-0.4, -0.2) is 73.4 Å². The molecule has 16 heteroatoms. The lowest BCUT2D eigenvalue weighted by molar-refractivity contribution is -0.384. The number of aromatic nitrogens is 2. The molecule has 1 amide bonds. The van der Waals surface area contributed by atoms with Gasteiger partial charge in [0.2, 0.25) is 0 Å². The number of pyridine rings is 1. The molecular weight excluding hydrogens is 780 g/mol. The average molecular weight is 824 g/mol. The second kappa shape index (κ2) is 16.2. The molecule has 2 aliphatic rings. The predicted molar refractivity (Wildman–Crippen MR) is 224 cm³/mol. The van der Waals surface area contributed by atoms with Crippen LogP contribution in [0, 0.1) is 26.9 Å². The first kappa shape index (κ1) is 40.4. The maximum absolute atomic E-state index is 15.2. The first-order chi connectivity index (χ1) is 27.7. The number of nitrogens with two attached hydrogens (primary N) is 1. The van der Waals surface area contributed by atoms with Gasteiger partial charge in [0.1, 0.15) is 40.8 Å². The summed E-state index contributed by atoms with van der Waals surface area (Å²) in [5.41, 5.74) is 10.3. The number of ether oxygens (including phenoxy) is 1. The van der Waals surface area contributed by atoms with Gasteiger partial charge in [0.25, 0.3) is 11.6 Å². The Kier molecular flexibility index (Phi) is 11.3. The Labute approximate surface area is 341 Å². The molecule has 0 unspecified atom stereocenters. The van der Waals surface area contributed by atoms with Crippen LogP contribution < -0.4 is 19.7 Å². The van der Waals surface area contributed by atoms with Crippen molar-refractivity contribution in [1.29, 1.82) is 5.26 Å². The minimum atomic E-state index is -4.43. The first-order valence-electron chi connectivity index (χ1n) is 19.0. The molecule has 1 saturated heterocycles. The van der Waals surface area contributed by atoms with Crippen molar-refractivity contribution in [1.82, 2.24) is 18.8 Å². The van der Waals surface area contributed by atoms with Crippen LogP contribution in [-0.2, 0) is 10.0 Å². The van der Waals surface area contributed by atoms with E-state index in [2.05, 4.69) is 46.2 Å². The van der Waals surface area contributed by atoms with E-state index in [0.717, 1.165) is 36.3 Å². The molecule has 0 bridgehead atoms. The Morgan fingerprint density at radius 2 is 1.88 bits per heavy atom. The first-order valence-corrected chi connectivity index (χ1v) is 20.8. The van der Waals surface area contributed by atoms with E-state index in [-0.39, 0.29) is 53.4 Å². The third kappa shape index (κ3) is 8.14. The molecule has 0 spiro atoms. The van der Waals surface area contributed by atoms with E-state index in [0.29, 0.717) is 41.7 Å². The number of primary amides is 1. The number of hydrogen-bond acceptors (Lipinski definition) is 10. The lowest BCUT2D eigenvalue weighted by atomic mass is 9.72.